The Morgan fingerprint density at radius 2 is 1.41 bits per heavy atom. The largest absolute Gasteiger partial charge is 0.366 e. The van der Waals surface area contributed by atoms with Gasteiger partial charge in [0, 0.05) is 37.6 Å². The number of nitrogens with one attached hydrogen (secondary N) is 2. The van der Waals surface area contributed by atoms with Gasteiger partial charge in [-0.05, 0) is 59.2 Å². The number of fused-ring (bicyclic) bond motifs is 7. The Labute approximate surface area is 270 Å². The van der Waals surface area contributed by atoms with Crippen LogP contribution in [0.3, 0.4) is 0 Å². The monoisotopic (exact) mass is 608 g/mol. The molecule has 1 aliphatic rings. The molecule has 2 unspecified atom stereocenters. The number of para-hydroxylation sites is 1. The molecule has 5 heteroatoms. The third kappa shape index (κ3) is 4.31. The molecular weight excluding hydrogens is 581 g/mol. The summed E-state index contributed by atoms with van der Waals surface area (Å²) in [4.78, 5) is 0. The Kier molecular flexibility index (Phi) is 6.24. The average Bonchev–Trinajstić information content (AvgIpc) is 3.68. The number of nitriles is 1. The van der Waals surface area contributed by atoms with E-state index < -0.39 is 0 Å². The summed E-state index contributed by atoms with van der Waals surface area (Å²) in [5, 5.41) is 22.2. The lowest BCUT2D eigenvalue weighted by Crippen LogP contribution is -2.39. The molecule has 0 spiro atoms. The highest BCUT2D eigenvalue weighted by Crippen LogP contribution is 2.43. The molecule has 6 aromatic carbocycles. The van der Waals surface area contributed by atoms with Gasteiger partial charge in [0.25, 0.3) is 0 Å². The zero-order valence-corrected chi connectivity index (χ0v) is 25.6. The van der Waals surface area contributed by atoms with Crippen LogP contribution in [0, 0.1) is 11.3 Å². The topological polar surface area (TPSA) is 52.8 Å². The first-order valence-electron chi connectivity index (χ1n) is 15.5. The second-order valence-electron chi connectivity index (χ2n) is 11.8. The first-order valence-corrected chi connectivity index (χ1v) is 16.3. The van der Waals surface area contributed by atoms with Crippen molar-refractivity contribution in [2.45, 2.75) is 12.2 Å². The fourth-order valence-corrected chi connectivity index (χ4v) is 8.16. The number of nitrogens with zero attached hydrogens (tertiary/aromatic N) is 2. The number of hydrogen-bond acceptors (Lipinski definition) is 4. The molecule has 46 heavy (non-hydrogen) atoms. The molecule has 1 aliphatic heterocycles. The Morgan fingerprint density at radius 3 is 2.26 bits per heavy atom. The van der Waals surface area contributed by atoms with Crippen molar-refractivity contribution in [3.63, 3.8) is 0 Å². The molecule has 2 atom stereocenters. The molecule has 2 N–H and O–H groups in total. The number of benzene rings is 6. The summed E-state index contributed by atoms with van der Waals surface area (Å²) in [5.74, 6) is 0. The van der Waals surface area contributed by atoms with Crippen LogP contribution >= 0.6 is 11.3 Å². The van der Waals surface area contributed by atoms with Crippen LogP contribution in [0.5, 0.6) is 0 Å². The lowest BCUT2D eigenvalue weighted by atomic mass is 9.98. The second kappa shape index (κ2) is 10.7. The number of thiophene rings is 1. The second-order valence-corrected chi connectivity index (χ2v) is 12.8. The Balaban J connectivity index is 1.16. The van der Waals surface area contributed by atoms with Crippen LogP contribution in [-0.2, 0) is 0 Å². The standard InChI is InChI=1S/C41H28N4S/c42-25-26-9-8-12-29(23-26)36-24-35(27-10-2-1-3-11-27)43-41(44-36)28-17-19-30(20-18-28)45-37-15-6-4-13-31(37)33-21-22-34-32-14-5-7-16-38(32)46-40(34)39(33)45/h1-24,35,41,43-44H. The van der Waals surface area contributed by atoms with Gasteiger partial charge >= 0.3 is 0 Å². The SMILES string of the molecule is N#Cc1cccc(C2=CC(c3ccccc3)NC(c3ccc(-n4c5ccccc5c5ccc6c7ccccc7sc6c54)cc3)N2)c1. The molecule has 0 saturated carbocycles. The maximum absolute atomic E-state index is 9.55. The fraction of sp³-hybridized carbons (Fsp3) is 0.0488. The Bertz CT molecular complexity index is 2500. The highest BCUT2D eigenvalue weighted by Gasteiger charge is 2.25. The van der Waals surface area contributed by atoms with Crippen molar-refractivity contribution in [1.29, 1.82) is 5.26 Å². The molecule has 9 rings (SSSR count). The lowest BCUT2D eigenvalue weighted by molar-refractivity contribution is 0.442. The minimum absolute atomic E-state index is 0.00597. The van der Waals surface area contributed by atoms with Crippen LogP contribution in [0.4, 0.5) is 0 Å². The maximum Gasteiger partial charge on any atom is 0.104 e. The van der Waals surface area contributed by atoms with Gasteiger partial charge in [0.15, 0.2) is 0 Å². The van der Waals surface area contributed by atoms with Crippen LogP contribution in [0.2, 0.25) is 0 Å². The van der Waals surface area contributed by atoms with Gasteiger partial charge in [-0.3, -0.25) is 5.32 Å². The van der Waals surface area contributed by atoms with Crippen molar-refractivity contribution in [3.05, 3.63) is 168 Å². The molecule has 0 amide bonds. The number of rotatable bonds is 4. The van der Waals surface area contributed by atoms with Gasteiger partial charge in [-0.1, -0.05) is 103 Å². The van der Waals surface area contributed by atoms with Gasteiger partial charge < -0.3 is 9.88 Å². The van der Waals surface area contributed by atoms with Crippen LogP contribution in [0.15, 0.2) is 146 Å². The van der Waals surface area contributed by atoms with E-state index in [9.17, 15) is 5.26 Å². The van der Waals surface area contributed by atoms with Crippen LogP contribution in [0.25, 0.3) is 53.4 Å². The first-order chi connectivity index (χ1) is 22.7. The number of hydrogen-bond donors (Lipinski definition) is 2. The highest BCUT2D eigenvalue weighted by atomic mass is 32.1. The molecule has 0 bridgehead atoms. The van der Waals surface area contributed by atoms with Gasteiger partial charge in [-0.15, -0.1) is 11.3 Å². The Morgan fingerprint density at radius 1 is 0.652 bits per heavy atom. The van der Waals surface area contributed by atoms with Crippen LogP contribution < -0.4 is 10.6 Å². The van der Waals surface area contributed by atoms with Gasteiger partial charge in [-0.2, -0.15) is 5.26 Å². The molecule has 0 saturated heterocycles. The predicted octanol–water partition coefficient (Wildman–Crippen LogP) is 10.00. The summed E-state index contributed by atoms with van der Waals surface area (Å²) >= 11 is 1.87. The zero-order valence-electron chi connectivity index (χ0n) is 24.8. The molecule has 0 fully saturated rings. The third-order valence-corrected chi connectivity index (χ3v) is 10.3. The molecule has 218 valence electrons. The summed E-state index contributed by atoms with van der Waals surface area (Å²) < 4.78 is 5.05. The third-order valence-electron chi connectivity index (χ3n) is 9.10. The van der Waals surface area contributed by atoms with Gasteiger partial charge in [0.2, 0.25) is 0 Å². The Hall–Kier alpha value is -5.67. The van der Waals surface area contributed by atoms with E-state index in [1.165, 1.54) is 47.5 Å². The van der Waals surface area contributed by atoms with Crippen LogP contribution in [-0.4, -0.2) is 4.57 Å². The van der Waals surface area contributed by atoms with E-state index in [2.05, 4.69) is 143 Å². The zero-order chi connectivity index (χ0) is 30.6. The van der Waals surface area contributed by atoms with Crippen molar-refractivity contribution < 1.29 is 0 Å². The normalized spacial score (nSPS) is 16.5. The first kappa shape index (κ1) is 26.7. The van der Waals surface area contributed by atoms with Gasteiger partial charge in [0.1, 0.15) is 6.17 Å². The summed E-state index contributed by atoms with van der Waals surface area (Å²) in [5.41, 5.74) is 8.58. The van der Waals surface area contributed by atoms with E-state index in [-0.39, 0.29) is 12.2 Å². The summed E-state index contributed by atoms with van der Waals surface area (Å²) in [6, 6.07) is 51.5. The minimum atomic E-state index is -0.127. The predicted molar refractivity (Wildman–Crippen MR) is 191 cm³/mol. The van der Waals surface area contributed by atoms with Crippen LogP contribution in [0.1, 0.15) is 34.5 Å². The van der Waals surface area contributed by atoms with Gasteiger partial charge in [0.05, 0.1) is 33.4 Å². The van der Waals surface area contributed by atoms with Crippen molar-refractivity contribution in [2.75, 3.05) is 0 Å². The van der Waals surface area contributed by atoms with E-state index in [0.717, 1.165) is 22.5 Å². The molecule has 8 aromatic rings. The minimum Gasteiger partial charge on any atom is -0.366 e. The van der Waals surface area contributed by atoms with E-state index in [1.54, 1.807) is 0 Å². The number of aromatic nitrogens is 1. The molecule has 2 aromatic heterocycles. The van der Waals surface area contributed by atoms with E-state index in [4.69, 9.17) is 0 Å². The van der Waals surface area contributed by atoms with E-state index >= 15 is 0 Å². The van der Waals surface area contributed by atoms with Crippen molar-refractivity contribution in [2.24, 2.45) is 0 Å². The molecule has 4 nitrogen and oxygen atoms in total. The molecule has 3 heterocycles. The maximum atomic E-state index is 9.55. The van der Waals surface area contributed by atoms with E-state index in [0.29, 0.717) is 5.56 Å². The van der Waals surface area contributed by atoms with Crippen molar-refractivity contribution in [3.8, 4) is 11.8 Å². The summed E-state index contributed by atoms with van der Waals surface area (Å²) in [6.45, 7) is 0. The molecular formula is C41H28N4S. The molecule has 0 aliphatic carbocycles. The fourth-order valence-electron chi connectivity index (χ4n) is 6.92. The van der Waals surface area contributed by atoms with Crippen molar-refractivity contribution in [1.82, 2.24) is 15.2 Å². The lowest BCUT2D eigenvalue weighted by Gasteiger charge is -2.33. The molecule has 0 radical (unpaired) electrons. The summed E-state index contributed by atoms with van der Waals surface area (Å²) in [7, 11) is 0. The average molecular weight is 609 g/mol. The van der Waals surface area contributed by atoms with Gasteiger partial charge in [-0.25, -0.2) is 0 Å². The summed E-state index contributed by atoms with van der Waals surface area (Å²) in [6.07, 6.45) is 2.09. The highest BCUT2D eigenvalue weighted by molar-refractivity contribution is 7.26. The van der Waals surface area contributed by atoms with Crippen molar-refractivity contribution >= 4 is 59.0 Å². The van der Waals surface area contributed by atoms with E-state index in [1.807, 2.05) is 35.6 Å². The quantitative estimate of drug-likeness (QED) is 0.209. The smallest absolute Gasteiger partial charge is 0.104 e.